The van der Waals surface area contributed by atoms with E-state index >= 15 is 0 Å². The Kier molecular flexibility index (Phi) is 6.61. The molecule has 0 aliphatic rings. The van der Waals surface area contributed by atoms with Crippen molar-refractivity contribution in [3.05, 3.63) is 59.9 Å². The lowest BCUT2D eigenvalue weighted by Crippen LogP contribution is -2.28. The molecular weight excluding hydrogens is 307 g/mol. The van der Waals surface area contributed by atoms with Gasteiger partial charge in [0.25, 0.3) is 0 Å². The van der Waals surface area contributed by atoms with Crippen molar-refractivity contribution in [1.29, 1.82) is 0 Å². The predicted octanol–water partition coefficient (Wildman–Crippen LogP) is 3.27. The molecule has 0 radical (unpaired) electrons. The molecular formula is C19H23FN2O2. The van der Waals surface area contributed by atoms with Gasteiger partial charge in [0.05, 0.1) is 6.61 Å². The van der Waals surface area contributed by atoms with Crippen molar-refractivity contribution in [3.63, 3.8) is 0 Å². The summed E-state index contributed by atoms with van der Waals surface area (Å²) in [4.78, 5) is 13.8. The summed E-state index contributed by atoms with van der Waals surface area (Å²) in [5, 5.41) is 0. The van der Waals surface area contributed by atoms with Gasteiger partial charge in [0.2, 0.25) is 5.91 Å². The molecule has 2 aromatic rings. The second-order valence-corrected chi connectivity index (χ2v) is 5.67. The van der Waals surface area contributed by atoms with E-state index in [1.54, 1.807) is 24.1 Å². The summed E-state index contributed by atoms with van der Waals surface area (Å²) in [6.07, 6.45) is 1.79. The van der Waals surface area contributed by atoms with E-state index in [2.05, 4.69) is 0 Å². The number of rotatable bonds is 8. The fraction of sp³-hybridized carbons (Fsp3) is 0.316. The fourth-order valence-corrected chi connectivity index (χ4v) is 2.34. The maximum atomic E-state index is 12.8. The van der Waals surface area contributed by atoms with Gasteiger partial charge in [-0.15, -0.1) is 0 Å². The number of carbonyl (C=O) groups excluding carboxylic acids is 1. The summed E-state index contributed by atoms with van der Waals surface area (Å²) in [6.45, 7) is 1.10. The lowest BCUT2D eigenvalue weighted by molar-refractivity contribution is -0.129. The van der Waals surface area contributed by atoms with Crippen LogP contribution in [0.5, 0.6) is 5.75 Å². The molecule has 2 N–H and O–H groups in total. The molecule has 0 saturated heterocycles. The number of aryl methyl sites for hydroxylation is 1. The van der Waals surface area contributed by atoms with Crippen LogP contribution in [0.25, 0.3) is 0 Å². The molecule has 0 unspecified atom stereocenters. The van der Waals surface area contributed by atoms with Crippen molar-refractivity contribution in [2.24, 2.45) is 0 Å². The van der Waals surface area contributed by atoms with Crippen molar-refractivity contribution >= 4 is 11.6 Å². The van der Waals surface area contributed by atoms with Crippen LogP contribution in [0.4, 0.5) is 10.1 Å². The summed E-state index contributed by atoms with van der Waals surface area (Å²) < 4.78 is 18.3. The number of halogens is 1. The molecule has 0 aromatic heterocycles. The lowest BCUT2D eigenvalue weighted by Gasteiger charge is -2.17. The van der Waals surface area contributed by atoms with Crippen molar-refractivity contribution < 1.29 is 13.9 Å². The number of amides is 1. The summed E-state index contributed by atoms with van der Waals surface area (Å²) in [7, 11) is 1.79. The summed E-state index contributed by atoms with van der Waals surface area (Å²) in [5.74, 6) is 0.428. The smallest absolute Gasteiger partial charge is 0.222 e. The Labute approximate surface area is 142 Å². The first-order chi connectivity index (χ1) is 11.6. The van der Waals surface area contributed by atoms with Gasteiger partial charge in [0, 0.05) is 25.7 Å². The lowest BCUT2D eigenvalue weighted by atomic mass is 10.1. The van der Waals surface area contributed by atoms with Gasteiger partial charge < -0.3 is 15.4 Å². The first kappa shape index (κ1) is 17.8. The molecule has 0 heterocycles. The number of para-hydroxylation sites is 1. The first-order valence-electron chi connectivity index (χ1n) is 8.02. The van der Waals surface area contributed by atoms with Gasteiger partial charge in [-0.3, -0.25) is 4.79 Å². The third kappa shape index (κ3) is 5.57. The molecule has 0 spiro atoms. The third-order valence-electron chi connectivity index (χ3n) is 3.81. The summed E-state index contributed by atoms with van der Waals surface area (Å²) >= 11 is 0. The molecule has 24 heavy (non-hydrogen) atoms. The standard InChI is InChI=1S/C19H23FN2O2/c1-22(13-4-14-24-17-10-8-16(20)9-11-17)19(23)12-7-15-5-2-3-6-18(15)21/h2-3,5-6,8-11H,4,7,12-14,21H2,1H3. The van der Waals surface area contributed by atoms with E-state index in [-0.39, 0.29) is 11.7 Å². The number of hydrogen-bond donors (Lipinski definition) is 1. The van der Waals surface area contributed by atoms with E-state index < -0.39 is 0 Å². The highest BCUT2D eigenvalue weighted by molar-refractivity contribution is 5.76. The van der Waals surface area contributed by atoms with Gasteiger partial charge >= 0.3 is 0 Å². The minimum absolute atomic E-state index is 0.0834. The molecule has 5 heteroatoms. The maximum Gasteiger partial charge on any atom is 0.222 e. The van der Waals surface area contributed by atoms with Crippen molar-refractivity contribution in [3.8, 4) is 5.75 Å². The van der Waals surface area contributed by atoms with Gasteiger partial charge in [-0.25, -0.2) is 4.39 Å². The Morgan fingerprint density at radius 1 is 1.17 bits per heavy atom. The van der Waals surface area contributed by atoms with E-state index in [4.69, 9.17) is 10.5 Å². The van der Waals surface area contributed by atoms with Crippen LogP contribution in [-0.4, -0.2) is 31.0 Å². The van der Waals surface area contributed by atoms with Crippen LogP contribution in [0.2, 0.25) is 0 Å². The number of nitrogens with zero attached hydrogens (tertiary/aromatic N) is 1. The molecule has 2 rings (SSSR count). The Bertz CT molecular complexity index is 659. The number of carbonyl (C=O) groups is 1. The minimum Gasteiger partial charge on any atom is -0.494 e. The normalized spacial score (nSPS) is 10.4. The Morgan fingerprint density at radius 3 is 2.58 bits per heavy atom. The zero-order valence-corrected chi connectivity index (χ0v) is 13.9. The molecule has 4 nitrogen and oxygen atoms in total. The van der Waals surface area contributed by atoms with Crippen LogP contribution in [0.1, 0.15) is 18.4 Å². The van der Waals surface area contributed by atoms with Gasteiger partial charge in [-0.2, -0.15) is 0 Å². The van der Waals surface area contributed by atoms with Crippen molar-refractivity contribution in [2.75, 3.05) is 25.9 Å². The van der Waals surface area contributed by atoms with Crippen LogP contribution in [0, 0.1) is 5.82 Å². The second kappa shape index (κ2) is 8.91. The van der Waals surface area contributed by atoms with Crippen LogP contribution in [0.15, 0.2) is 48.5 Å². The third-order valence-corrected chi connectivity index (χ3v) is 3.81. The quantitative estimate of drug-likeness (QED) is 0.597. The Hall–Kier alpha value is -2.56. The zero-order valence-electron chi connectivity index (χ0n) is 13.9. The monoisotopic (exact) mass is 330 g/mol. The van der Waals surface area contributed by atoms with Crippen LogP contribution in [0.3, 0.4) is 0 Å². The number of nitrogens with two attached hydrogens (primary N) is 1. The van der Waals surface area contributed by atoms with E-state index in [0.29, 0.717) is 38.2 Å². The van der Waals surface area contributed by atoms with Crippen LogP contribution in [-0.2, 0) is 11.2 Å². The Balaban J connectivity index is 1.66. The molecule has 128 valence electrons. The Morgan fingerprint density at radius 2 is 1.88 bits per heavy atom. The largest absolute Gasteiger partial charge is 0.494 e. The average Bonchev–Trinajstić information content (AvgIpc) is 2.59. The van der Waals surface area contributed by atoms with Crippen LogP contribution < -0.4 is 10.5 Å². The van der Waals surface area contributed by atoms with E-state index in [1.165, 1.54) is 12.1 Å². The highest BCUT2D eigenvalue weighted by atomic mass is 19.1. The van der Waals surface area contributed by atoms with E-state index in [0.717, 1.165) is 11.3 Å². The average molecular weight is 330 g/mol. The molecule has 0 bridgehead atoms. The number of hydrogen-bond acceptors (Lipinski definition) is 3. The zero-order chi connectivity index (χ0) is 17.4. The second-order valence-electron chi connectivity index (χ2n) is 5.67. The van der Waals surface area contributed by atoms with Gasteiger partial charge in [0.1, 0.15) is 11.6 Å². The molecule has 1 amide bonds. The highest BCUT2D eigenvalue weighted by Crippen LogP contribution is 2.13. The van der Waals surface area contributed by atoms with Gasteiger partial charge in [0.15, 0.2) is 0 Å². The molecule has 2 aromatic carbocycles. The topological polar surface area (TPSA) is 55.6 Å². The highest BCUT2D eigenvalue weighted by Gasteiger charge is 2.09. The number of benzene rings is 2. The van der Waals surface area contributed by atoms with Gasteiger partial charge in [-0.1, -0.05) is 18.2 Å². The number of ether oxygens (including phenoxy) is 1. The van der Waals surface area contributed by atoms with Gasteiger partial charge in [-0.05, 0) is 48.7 Å². The SMILES string of the molecule is CN(CCCOc1ccc(F)cc1)C(=O)CCc1ccccc1N. The maximum absolute atomic E-state index is 12.8. The van der Waals surface area contributed by atoms with E-state index in [9.17, 15) is 9.18 Å². The van der Waals surface area contributed by atoms with Crippen LogP contribution >= 0.6 is 0 Å². The molecule has 0 fully saturated rings. The van der Waals surface area contributed by atoms with Crippen molar-refractivity contribution in [1.82, 2.24) is 4.90 Å². The van der Waals surface area contributed by atoms with Crippen molar-refractivity contribution in [2.45, 2.75) is 19.3 Å². The summed E-state index contributed by atoms with van der Waals surface area (Å²) in [5.41, 5.74) is 7.60. The number of anilines is 1. The molecule has 0 saturated carbocycles. The van der Waals surface area contributed by atoms with E-state index in [1.807, 2.05) is 24.3 Å². The molecule has 0 aliphatic carbocycles. The predicted molar refractivity (Wildman–Crippen MR) is 93.3 cm³/mol. The molecule has 0 aliphatic heterocycles. The first-order valence-corrected chi connectivity index (χ1v) is 8.02. The fourth-order valence-electron chi connectivity index (χ4n) is 2.34. The minimum atomic E-state index is -0.285. The molecule has 0 atom stereocenters. The number of nitrogen functional groups attached to an aromatic ring is 1. The summed E-state index contributed by atoms with van der Waals surface area (Å²) in [6, 6.07) is 13.5.